The molecule has 0 radical (unpaired) electrons. The summed E-state index contributed by atoms with van der Waals surface area (Å²) in [4.78, 5) is 18.8. The van der Waals surface area contributed by atoms with Crippen LogP contribution in [-0.4, -0.2) is 9.55 Å². The summed E-state index contributed by atoms with van der Waals surface area (Å²) in [5, 5.41) is 0.839. The van der Waals surface area contributed by atoms with E-state index in [2.05, 4.69) is 11.9 Å². The van der Waals surface area contributed by atoms with Gasteiger partial charge in [0.1, 0.15) is 4.83 Å². The van der Waals surface area contributed by atoms with Crippen LogP contribution in [-0.2, 0) is 6.42 Å². The highest BCUT2D eigenvalue weighted by Crippen LogP contribution is 2.40. The first-order valence-electron chi connectivity index (χ1n) is 7.94. The zero-order valence-electron chi connectivity index (χ0n) is 13.2. The van der Waals surface area contributed by atoms with E-state index >= 15 is 0 Å². The fourth-order valence-electron chi connectivity index (χ4n) is 3.50. The van der Waals surface area contributed by atoms with Gasteiger partial charge in [-0.05, 0) is 62.0 Å². The third-order valence-corrected chi connectivity index (χ3v) is 6.15. The second kappa shape index (κ2) is 5.42. The highest BCUT2D eigenvalue weighted by atomic mass is 32.1. The lowest BCUT2D eigenvalue weighted by Crippen LogP contribution is -2.21. The first kappa shape index (κ1) is 14.8. The van der Waals surface area contributed by atoms with Gasteiger partial charge in [0.15, 0.2) is 4.77 Å². The van der Waals surface area contributed by atoms with Gasteiger partial charge in [0.2, 0.25) is 0 Å². The highest BCUT2D eigenvalue weighted by Gasteiger charge is 2.25. The quantitative estimate of drug-likeness (QED) is 0.641. The molecule has 2 aromatic heterocycles. The van der Waals surface area contributed by atoms with Gasteiger partial charge in [0.05, 0.1) is 11.1 Å². The second-order valence-electron chi connectivity index (χ2n) is 6.34. The van der Waals surface area contributed by atoms with Crippen molar-refractivity contribution >= 4 is 33.8 Å². The molecule has 1 atom stereocenters. The van der Waals surface area contributed by atoms with Gasteiger partial charge in [-0.25, -0.2) is 0 Å². The molecule has 0 saturated carbocycles. The van der Waals surface area contributed by atoms with Gasteiger partial charge in [-0.3, -0.25) is 9.36 Å². The molecule has 5 heteroatoms. The largest absolute Gasteiger partial charge is 0.323 e. The summed E-state index contributed by atoms with van der Waals surface area (Å²) in [5.74, 6) is 0.441. The Bertz CT molecular complexity index is 1010. The predicted octanol–water partition coefficient (Wildman–Crippen LogP) is 4.86. The molecule has 0 fully saturated rings. The van der Waals surface area contributed by atoms with Crippen molar-refractivity contribution in [1.82, 2.24) is 9.55 Å². The molecule has 0 aliphatic heterocycles. The lowest BCUT2D eigenvalue weighted by Gasteiger charge is -2.18. The molecule has 0 bridgehead atoms. The average molecular weight is 342 g/mol. The summed E-state index contributed by atoms with van der Waals surface area (Å²) in [5.41, 5.74) is 3.25. The van der Waals surface area contributed by atoms with Crippen LogP contribution in [0, 0.1) is 11.7 Å². The fraction of sp³-hybridized carbons (Fsp3) is 0.333. The standard InChI is InChI=1S/C18H18N2OS2/c1-10-6-8-12(9-7-10)20-17(21)15-14-11(2)4-3-5-13(14)23-16(15)19-18(20)22/h6-9,11H,3-5H2,1-2H3,(H,19,22). The summed E-state index contributed by atoms with van der Waals surface area (Å²) in [6, 6.07) is 7.92. The van der Waals surface area contributed by atoms with Crippen LogP contribution in [0.25, 0.3) is 15.9 Å². The molecule has 0 spiro atoms. The van der Waals surface area contributed by atoms with Gasteiger partial charge >= 0.3 is 0 Å². The predicted molar refractivity (Wildman–Crippen MR) is 98.7 cm³/mol. The number of hydrogen-bond acceptors (Lipinski definition) is 3. The van der Waals surface area contributed by atoms with E-state index in [4.69, 9.17) is 12.2 Å². The third kappa shape index (κ3) is 2.30. The smallest absolute Gasteiger partial charge is 0.267 e. The van der Waals surface area contributed by atoms with Gasteiger partial charge in [0, 0.05) is 4.88 Å². The molecule has 23 heavy (non-hydrogen) atoms. The lowest BCUT2D eigenvalue weighted by atomic mass is 9.88. The van der Waals surface area contributed by atoms with E-state index in [9.17, 15) is 4.79 Å². The van der Waals surface area contributed by atoms with E-state index in [0.717, 1.165) is 28.7 Å². The summed E-state index contributed by atoms with van der Waals surface area (Å²) in [6.45, 7) is 4.26. The number of rotatable bonds is 1. The Morgan fingerprint density at radius 1 is 1.30 bits per heavy atom. The molecule has 1 aromatic carbocycles. The maximum absolute atomic E-state index is 13.2. The first-order valence-corrected chi connectivity index (χ1v) is 9.16. The topological polar surface area (TPSA) is 37.8 Å². The van der Waals surface area contributed by atoms with Crippen molar-refractivity contribution in [2.75, 3.05) is 0 Å². The molecule has 3 nitrogen and oxygen atoms in total. The van der Waals surface area contributed by atoms with Gasteiger partial charge in [-0.1, -0.05) is 24.6 Å². The van der Waals surface area contributed by atoms with E-state index in [1.54, 1.807) is 15.9 Å². The molecule has 1 unspecified atom stereocenters. The number of aromatic nitrogens is 2. The highest BCUT2D eigenvalue weighted by molar-refractivity contribution is 7.71. The van der Waals surface area contributed by atoms with E-state index in [1.165, 1.54) is 22.4 Å². The zero-order valence-corrected chi connectivity index (χ0v) is 14.8. The number of fused-ring (bicyclic) bond motifs is 3. The molecule has 0 amide bonds. The van der Waals surface area contributed by atoms with Crippen LogP contribution < -0.4 is 5.56 Å². The maximum Gasteiger partial charge on any atom is 0.267 e. The van der Waals surface area contributed by atoms with Crippen molar-refractivity contribution in [1.29, 1.82) is 0 Å². The third-order valence-electron chi connectivity index (χ3n) is 4.69. The van der Waals surface area contributed by atoms with Crippen LogP contribution in [0.3, 0.4) is 0 Å². The molecular formula is C18H18N2OS2. The van der Waals surface area contributed by atoms with Gasteiger partial charge in [-0.15, -0.1) is 11.3 Å². The molecule has 4 rings (SSSR count). The summed E-state index contributed by atoms with van der Waals surface area (Å²) in [6.07, 6.45) is 3.43. The van der Waals surface area contributed by atoms with E-state index in [1.807, 2.05) is 31.2 Å². The normalized spacial score (nSPS) is 17.4. The van der Waals surface area contributed by atoms with E-state index in [-0.39, 0.29) is 5.56 Å². The Hall–Kier alpha value is -1.72. The maximum atomic E-state index is 13.2. The number of nitrogens with zero attached hydrogens (tertiary/aromatic N) is 1. The lowest BCUT2D eigenvalue weighted by molar-refractivity contribution is 0.601. The van der Waals surface area contributed by atoms with Crippen LogP contribution >= 0.6 is 23.6 Å². The van der Waals surface area contributed by atoms with E-state index < -0.39 is 0 Å². The first-order chi connectivity index (χ1) is 11.1. The van der Waals surface area contributed by atoms with Crippen molar-refractivity contribution in [2.45, 2.75) is 39.0 Å². The Kier molecular flexibility index (Phi) is 3.50. The van der Waals surface area contributed by atoms with Crippen molar-refractivity contribution in [3.8, 4) is 5.69 Å². The minimum atomic E-state index is 0.0128. The van der Waals surface area contributed by atoms with E-state index in [0.29, 0.717) is 10.7 Å². The molecule has 118 valence electrons. The average Bonchev–Trinajstić information content (AvgIpc) is 2.89. The number of hydrogen-bond donors (Lipinski definition) is 1. The summed E-state index contributed by atoms with van der Waals surface area (Å²) < 4.78 is 2.10. The van der Waals surface area contributed by atoms with Crippen molar-refractivity contribution in [2.24, 2.45) is 0 Å². The van der Waals surface area contributed by atoms with Crippen molar-refractivity contribution in [3.05, 3.63) is 55.4 Å². The Labute approximate surface area is 143 Å². The zero-order chi connectivity index (χ0) is 16.1. The van der Waals surface area contributed by atoms with Crippen molar-refractivity contribution < 1.29 is 0 Å². The Morgan fingerprint density at radius 2 is 2.04 bits per heavy atom. The molecule has 1 aliphatic carbocycles. The van der Waals surface area contributed by atoms with Crippen molar-refractivity contribution in [3.63, 3.8) is 0 Å². The van der Waals surface area contributed by atoms with Gasteiger partial charge in [-0.2, -0.15) is 0 Å². The van der Waals surface area contributed by atoms with Crippen LogP contribution in [0.1, 0.15) is 41.7 Å². The van der Waals surface area contributed by atoms with Gasteiger partial charge < -0.3 is 4.98 Å². The molecule has 1 N–H and O–H groups in total. The molecule has 1 aliphatic rings. The Morgan fingerprint density at radius 3 is 2.78 bits per heavy atom. The number of aryl methyl sites for hydroxylation is 2. The molecule has 2 heterocycles. The number of H-pyrrole nitrogens is 1. The Balaban J connectivity index is 2.07. The molecular weight excluding hydrogens is 324 g/mol. The SMILES string of the molecule is Cc1ccc(-n2c(=S)[nH]c3sc4c(c3c2=O)C(C)CCC4)cc1. The number of aromatic amines is 1. The second-order valence-corrected chi connectivity index (χ2v) is 7.83. The molecule has 3 aromatic rings. The van der Waals surface area contributed by atoms with Crippen LogP contribution in [0.4, 0.5) is 0 Å². The summed E-state index contributed by atoms with van der Waals surface area (Å²) >= 11 is 7.17. The number of nitrogens with one attached hydrogen (secondary N) is 1. The van der Waals surface area contributed by atoms with Crippen LogP contribution in [0.15, 0.2) is 29.1 Å². The van der Waals surface area contributed by atoms with Crippen LogP contribution in [0.2, 0.25) is 0 Å². The minimum Gasteiger partial charge on any atom is -0.323 e. The number of benzene rings is 1. The van der Waals surface area contributed by atoms with Crippen LogP contribution in [0.5, 0.6) is 0 Å². The fourth-order valence-corrected chi connectivity index (χ4v) is 5.20. The minimum absolute atomic E-state index is 0.0128. The molecule has 0 saturated heterocycles. The number of thiophene rings is 1. The van der Waals surface area contributed by atoms with Gasteiger partial charge in [0.25, 0.3) is 5.56 Å². The summed E-state index contributed by atoms with van der Waals surface area (Å²) in [7, 11) is 0. The monoisotopic (exact) mass is 342 g/mol.